The molecule has 150 valence electrons. The molecular formula is C24H19FN2O3. The summed E-state index contributed by atoms with van der Waals surface area (Å²) in [5.74, 6) is -1.66. The molecule has 0 aliphatic carbocycles. The minimum absolute atomic E-state index is 0.196. The number of aryl methyl sites for hydroxylation is 2. The molecule has 0 spiro atoms. The molecule has 0 saturated heterocycles. The van der Waals surface area contributed by atoms with Gasteiger partial charge in [-0.25, -0.2) is 9.18 Å². The molecule has 4 rings (SSSR count). The largest absolute Gasteiger partial charge is 0.478 e. The fraction of sp³-hybridized carbons (Fsp3) is 0.125. The number of halogens is 1. The summed E-state index contributed by atoms with van der Waals surface area (Å²) in [5.41, 5.74) is 5.41. The van der Waals surface area contributed by atoms with Crippen LogP contribution in [0.1, 0.15) is 28.4 Å². The highest BCUT2D eigenvalue weighted by Gasteiger charge is 2.16. The van der Waals surface area contributed by atoms with E-state index in [9.17, 15) is 9.18 Å². The molecule has 0 radical (unpaired) electrons. The predicted molar refractivity (Wildman–Crippen MR) is 112 cm³/mol. The van der Waals surface area contributed by atoms with Gasteiger partial charge in [0, 0.05) is 11.1 Å². The van der Waals surface area contributed by atoms with E-state index in [2.05, 4.69) is 36.1 Å². The summed E-state index contributed by atoms with van der Waals surface area (Å²) in [6.45, 7) is 4.18. The van der Waals surface area contributed by atoms with Gasteiger partial charge in [-0.3, -0.25) is 0 Å². The van der Waals surface area contributed by atoms with Crippen LogP contribution in [0.2, 0.25) is 0 Å². The minimum atomic E-state index is -1.33. The van der Waals surface area contributed by atoms with Gasteiger partial charge in [0.15, 0.2) is 0 Å². The second-order valence-electron chi connectivity index (χ2n) is 6.96. The van der Waals surface area contributed by atoms with Gasteiger partial charge in [0.25, 0.3) is 5.89 Å². The summed E-state index contributed by atoms with van der Waals surface area (Å²) in [6.07, 6.45) is 0.834. The van der Waals surface area contributed by atoms with E-state index in [-0.39, 0.29) is 5.82 Å². The molecule has 0 amide bonds. The molecule has 5 nitrogen and oxygen atoms in total. The molecule has 0 aliphatic heterocycles. The number of rotatable bonds is 5. The van der Waals surface area contributed by atoms with Crippen molar-refractivity contribution >= 4 is 5.97 Å². The first-order chi connectivity index (χ1) is 14.5. The number of aromatic nitrogens is 2. The van der Waals surface area contributed by atoms with Gasteiger partial charge in [-0.1, -0.05) is 42.4 Å². The summed E-state index contributed by atoms with van der Waals surface area (Å²) >= 11 is 0. The van der Waals surface area contributed by atoms with Crippen molar-refractivity contribution in [2.75, 3.05) is 0 Å². The van der Waals surface area contributed by atoms with Crippen molar-refractivity contribution in [1.82, 2.24) is 10.1 Å². The lowest BCUT2D eigenvalue weighted by Crippen LogP contribution is -2.00. The number of carboxylic acid groups (broad SMARTS) is 1. The summed E-state index contributed by atoms with van der Waals surface area (Å²) in [5, 5.41) is 12.9. The van der Waals surface area contributed by atoms with Crippen LogP contribution in [-0.2, 0) is 6.42 Å². The molecule has 0 fully saturated rings. The molecule has 6 heteroatoms. The smallest absolute Gasteiger partial charge is 0.338 e. The molecule has 1 heterocycles. The first-order valence-corrected chi connectivity index (χ1v) is 9.54. The summed E-state index contributed by atoms with van der Waals surface area (Å²) in [4.78, 5) is 15.4. The maximum atomic E-state index is 14.0. The fourth-order valence-electron chi connectivity index (χ4n) is 3.44. The maximum absolute atomic E-state index is 14.0. The van der Waals surface area contributed by atoms with E-state index < -0.39 is 17.3 Å². The van der Waals surface area contributed by atoms with Crippen molar-refractivity contribution in [2.24, 2.45) is 0 Å². The van der Waals surface area contributed by atoms with Crippen LogP contribution in [-0.4, -0.2) is 21.2 Å². The van der Waals surface area contributed by atoms with Gasteiger partial charge in [0.1, 0.15) is 5.82 Å². The van der Waals surface area contributed by atoms with Crippen molar-refractivity contribution < 1.29 is 18.8 Å². The molecule has 0 atom stereocenters. The Bertz CT molecular complexity index is 1250. The Labute approximate surface area is 172 Å². The van der Waals surface area contributed by atoms with Crippen LogP contribution in [0.15, 0.2) is 65.2 Å². The molecule has 30 heavy (non-hydrogen) atoms. The summed E-state index contributed by atoms with van der Waals surface area (Å²) < 4.78 is 19.4. The normalized spacial score (nSPS) is 10.9. The van der Waals surface area contributed by atoms with Gasteiger partial charge in [-0.05, 0) is 65.9 Å². The quantitative estimate of drug-likeness (QED) is 0.458. The van der Waals surface area contributed by atoms with Crippen molar-refractivity contribution in [2.45, 2.75) is 20.3 Å². The Balaban J connectivity index is 1.69. The Morgan fingerprint density at radius 1 is 1.03 bits per heavy atom. The first-order valence-electron chi connectivity index (χ1n) is 9.54. The third kappa shape index (κ3) is 3.59. The molecule has 0 aliphatic rings. The van der Waals surface area contributed by atoms with Crippen LogP contribution in [0.25, 0.3) is 34.0 Å². The summed E-state index contributed by atoms with van der Waals surface area (Å²) in [7, 11) is 0. The Hall–Kier alpha value is -3.80. The Morgan fingerprint density at radius 3 is 2.50 bits per heavy atom. The topological polar surface area (TPSA) is 76.2 Å². The molecule has 1 N–H and O–H groups in total. The van der Waals surface area contributed by atoms with E-state index in [0.717, 1.165) is 29.2 Å². The van der Waals surface area contributed by atoms with E-state index in [1.165, 1.54) is 23.3 Å². The lowest BCUT2D eigenvalue weighted by atomic mass is 9.93. The summed E-state index contributed by atoms with van der Waals surface area (Å²) in [6, 6.07) is 18.0. The van der Waals surface area contributed by atoms with Gasteiger partial charge in [0.05, 0.1) is 5.56 Å². The number of carboxylic acids is 1. The SMILES string of the molecule is CCc1cc(-c2nc(-c3ccc(C(=O)O)c(F)c3)no2)ccc1-c1ccccc1C. The third-order valence-electron chi connectivity index (χ3n) is 5.05. The average Bonchev–Trinajstić information content (AvgIpc) is 3.24. The molecular weight excluding hydrogens is 383 g/mol. The maximum Gasteiger partial charge on any atom is 0.338 e. The van der Waals surface area contributed by atoms with E-state index in [1.54, 1.807) is 0 Å². The zero-order valence-electron chi connectivity index (χ0n) is 16.5. The average molecular weight is 402 g/mol. The lowest BCUT2D eigenvalue weighted by Gasteiger charge is -2.11. The van der Waals surface area contributed by atoms with Crippen molar-refractivity contribution in [3.63, 3.8) is 0 Å². The predicted octanol–water partition coefficient (Wildman–Crippen LogP) is 5.78. The van der Waals surface area contributed by atoms with Gasteiger partial charge < -0.3 is 9.63 Å². The standard InChI is InChI=1S/C24H19FN2O3/c1-3-15-12-17(9-10-19(15)18-7-5-4-6-14(18)2)23-26-22(27-30-23)16-8-11-20(24(28)29)21(25)13-16/h4-13H,3H2,1-2H3,(H,28,29). The monoisotopic (exact) mass is 402 g/mol. The Morgan fingerprint density at radius 2 is 1.80 bits per heavy atom. The zero-order valence-corrected chi connectivity index (χ0v) is 16.5. The third-order valence-corrected chi connectivity index (χ3v) is 5.05. The number of hydrogen-bond donors (Lipinski definition) is 1. The molecule has 0 unspecified atom stereocenters. The fourth-order valence-corrected chi connectivity index (χ4v) is 3.44. The second-order valence-corrected chi connectivity index (χ2v) is 6.96. The molecule has 4 aromatic rings. The van der Waals surface area contributed by atoms with Crippen LogP contribution in [0, 0.1) is 12.7 Å². The van der Waals surface area contributed by atoms with Gasteiger partial charge >= 0.3 is 5.97 Å². The highest BCUT2D eigenvalue weighted by Crippen LogP contribution is 2.31. The van der Waals surface area contributed by atoms with Gasteiger partial charge in [0.2, 0.25) is 5.82 Å². The zero-order chi connectivity index (χ0) is 21.3. The second kappa shape index (κ2) is 7.91. The molecule has 1 aromatic heterocycles. The van der Waals surface area contributed by atoms with Crippen LogP contribution in [0.5, 0.6) is 0 Å². The number of nitrogens with zero attached hydrogens (tertiary/aromatic N) is 2. The lowest BCUT2D eigenvalue weighted by molar-refractivity contribution is 0.0692. The minimum Gasteiger partial charge on any atom is -0.478 e. The van der Waals surface area contributed by atoms with E-state index in [1.807, 2.05) is 30.3 Å². The van der Waals surface area contributed by atoms with Crippen molar-refractivity contribution in [1.29, 1.82) is 0 Å². The van der Waals surface area contributed by atoms with Gasteiger partial charge in [-0.2, -0.15) is 4.98 Å². The number of carbonyl (C=O) groups is 1. The van der Waals surface area contributed by atoms with Crippen LogP contribution >= 0.6 is 0 Å². The highest BCUT2D eigenvalue weighted by molar-refractivity contribution is 5.88. The molecule has 0 bridgehead atoms. The van der Waals surface area contributed by atoms with E-state index in [0.29, 0.717) is 11.5 Å². The first kappa shape index (κ1) is 19.5. The van der Waals surface area contributed by atoms with E-state index in [4.69, 9.17) is 9.63 Å². The Kier molecular flexibility index (Phi) is 5.14. The number of benzene rings is 3. The van der Waals surface area contributed by atoms with Crippen LogP contribution < -0.4 is 0 Å². The van der Waals surface area contributed by atoms with Crippen LogP contribution in [0.4, 0.5) is 4.39 Å². The van der Waals surface area contributed by atoms with Crippen molar-refractivity contribution in [3.8, 4) is 34.0 Å². The van der Waals surface area contributed by atoms with E-state index >= 15 is 0 Å². The highest BCUT2D eigenvalue weighted by atomic mass is 19.1. The van der Waals surface area contributed by atoms with Crippen LogP contribution in [0.3, 0.4) is 0 Å². The molecule has 0 saturated carbocycles. The van der Waals surface area contributed by atoms with Gasteiger partial charge in [-0.15, -0.1) is 0 Å². The van der Waals surface area contributed by atoms with Crippen molar-refractivity contribution in [3.05, 3.63) is 83.2 Å². The number of aromatic carboxylic acids is 1. The number of hydrogen-bond acceptors (Lipinski definition) is 4. The molecule has 3 aromatic carbocycles.